The summed E-state index contributed by atoms with van der Waals surface area (Å²) in [5.74, 6) is -0.935. The molecule has 0 spiro atoms. The summed E-state index contributed by atoms with van der Waals surface area (Å²) in [5, 5.41) is 7.89. The molecule has 0 bridgehead atoms. The summed E-state index contributed by atoms with van der Waals surface area (Å²) in [6.07, 6.45) is 0. The van der Waals surface area contributed by atoms with E-state index in [0.717, 1.165) is 0 Å². The average Bonchev–Trinajstić information content (AvgIpc) is 1.36. The van der Waals surface area contributed by atoms with Crippen LogP contribution in [0.2, 0.25) is 0 Å². The fraction of sp³-hybridized carbons (Fsp3) is 0.250. The van der Waals surface area contributed by atoms with E-state index in [0.29, 0.717) is 0 Å². The molecule has 1 N–H and O–H groups in total. The van der Waals surface area contributed by atoms with Gasteiger partial charge in [-0.15, -0.1) is 0 Å². The fourth-order valence-electron chi connectivity index (χ4n) is 0. The van der Waals surface area contributed by atoms with E-state index in [1.807, 2.05) is 0 Å². The Morgan fingerprint density at radius 3 is 1.75 bits per heavy atom. The second kappa shape index (κ2) is 6.79. The van der Waals surface area contributed by atoms with Crippen LogP contribution in [0.5, 0.6) is 0 Å². The van der Waals surface area contributed by atoms with Crippen molar-refractivity contribution in [3.63, 3.8) is 0 Å². The molecular formula is C4H6O3Zn. The van der Waals surface area contributed by atoms with Crippen LogP contribution in [0.1, 0.15) is 6.92 Å². The van der Waals surface area contributed by atoms with E-state index < -0.39 is 5.97 Å². The molecule has 3 nitrogen and oxygen atoms in total. The molecule has 0 saturated carbocycles. The van der Waals surface area contributed by atoms with Gasteiger partial charge in [0.1, 0.15) is 0 Å². The predicted molar refractivity (Wildman–Crippen MR) is 23.1 cm³/mol. The predicted octanol–water partition coefficient (Wildman–Crippen LogP) is 0.526. The molecule has 0 heterocycles. The first-order valence-corrected chi connectivity index (χ1v) is 1.53. The average molecular weight is 167 g/mol. The van der Waals surface area contributed by atoms with Crippen LogP contribution in [0.15, 0.2) is 12.2 Å². The third-order valence-corrected chi connectivity index (χ3v) is 0.365. The molecule has 0 aromatic heterocycles. The minimum atomic E-state index is -0.935. The Balaban J connectivity index is -0.000000125. The molecule has 0 unspecified atom stereocenters. The molecule has 0 aromatic rings. The standard InChI is InChI=1S/C4H6O2.O.Zn/c1-3(2)4(5)6;;/h1H2,2H3,(H,5,6);;/q;-2;+2. The molecule has 42 valence electrons. The van der Waals surface area contributed by atoms with E-state index in [2.05, 4.69) is 6.58 Å². The number of aliphatic carboxylic acids is 1. The molecule has 0 saturated heterocycles. The molecule has 0 aliphatic carbocycles. The molecule has 4 heteroatoms. The van der Waals surface area contributed by atoms with Crippen molar-refractivity contribution >= 4 is 5.97 Å². The third-order valence-electron chi connectivity index (χ3n) is 0.365. The van der Waals surface area contributed by atoms with Gasteiger partial charge in [0.2, 0.25) is 0 Å². The quantitative estimate of drug-likeness (QED) is 0.457. The number of carboxylic acid groups (broad SMARTS) is 1. The molecule has 0 amide bonds. The number of hydrogen-bond acceptors (Lipinski definition) is 1. The second-order valence-electron chi connectivity index (χ2n) is 1.09. The first-order chi connectivity index (χ1) is 2.64. The van der Waals surface area contributed by atoms with Crippen LogP contribution in [0, 0.1) is 0 Å². The van der Waals surface area contributed by atoms with Crippen LogP contribution in [-0.2, 0) is 29.7 Å². The summed E-state index contributed by atoms with van der Waals surface area (Å²) in [4.78, 5) is 9.60. The Morgan fingerprint density at radius 1 is 1.62 bits per heavy atom. The van der Waals surface area contributed by atoms with Crippen molar-refractivity contribution in [1.82, 2.24) is 0 Å². The van der Waals surface area contributed by atoms with Crippen molar-refractivity contribution in [2.45, 2.75) is 6.92 Å². The largest absolute Gasteiger partial charge is 2.00 e. The van der Waals surface area contributed by atoms with Gasteiger partial charge in [-0.25, -0.2) is 4.79 Å². The van der Waals surface area contributed by atoms with E-state index >= 15 is 0 Å². The van der Waals surface area contributed by atoms with Crippen LogP contribution < -0.4 is 0 Å². The van der Waals surface area contributed by atoms with Gasteiger partial charge in [0, 0.05) is 5.57 Å². The van der Waals surface area contributed by atoms with Crippen molar-refractivity contribution < 1.29 is 34.9 Å². The van der Waals surface area contributed by atoms with Gasteiger partial charge in [0.05, 0.1) is 0 Å². The molecule has 0 radical (unpaired) electrons. The zero-order chi connectivity index (χ0) is 5.15. The van der Waals surface area contributed by atoms with E-state index in [1.165, 1.54) is 6.92 Å². The molecule has 8 heavy (non-hydrogen) atoms. The van der Waals surface area contributed by atoms with Gasteiger partial charge in [-0.1, -0.05) is 6.58 Å². The topological polar surface area (TPSA) is 65.8 Å². The Bertz CT molecular complexity index is 77.3. The minimum Gasteiger partial charge on any atom is -2.00 e. The molecular weight excluding hydrogens is 161 g/mol. The number of carboxylic acids is 1. The fourth-order valence-corrected chi connectivity index (χ4v) is 0. The van der Waals surface area contributed by atoms with Gasteiger partial charge in [0.15, 0.2) is 0 Å². The van der Waals surface area contributed by atoms with Crippen LogP contribution in [0.3, 0.4) is 0 Å². The van der Waals surface area contributed by atoms with Crippen molar-refractivity contribution in [3.8, 4) is 0 Å². The molecule has 0 atom stereocenters. The summed E-state index contributed by atoms with van der Waals surface area (Å²) < 4.78 is 0. The number of hydrogen-bond donors (Lipinski definition) is 1. The monoisotopic (exact) mass is 166 g/mol. The van der Waals surface area contributed by atoms with Gasteiger partial charge >= 0.3 is 25.4 Å². The third kappa shape index (κ3) is 9.25. The number of carbonyl (C=O) groups is 1. The Labute approximate surface area is 60.5 Å². The summed E-state index contributed by atoms with van der Waals surface area (Å²) >= 11 is 0. The van der Waals surface area contributed by atoms with Crippen LogP contribution in [-0.4, -0.2) is 11.1 Å². The summed E-state index contributed by atoms with van der Waals surface area (Å²) in [7, 11) is 0. The molecule has 0 aliphatic rings. The first kappa shape index (κ1) is 15.7. The van der Waals surface area contributed by atoms with Crippen LogP contribution in [0.4, 0.5) is 0 Å². The first-order valence-electron chi connectivity index (χ1n) is 1.53. The van der Waals surface area contributed by atoms with Crippen molar-refractivity contribution in [2.24, 2.45) is 0 Å². The maximum Gasteiger partial charge on any atom is 2.00 e. The van der Waals surface area contributed by atoms with Crippen LogP contribution in [0.25, 0.3) is 0 Å². The number of rotatable bonds is 1. The van der Waals surface area contributed by atoms with E-state index in [4.69, 9.17) is 5.11 Å². The van der Waals surface area contributed by atoms with Crippen molar-refractivity contribution in [2.75, 3.05) is 0 Å². The van der Waals surface area contributed by atoms with Gasteiger partial charge in [-0.3, -0.25) is 0 Å². The SMILES string of the molecule is C=C(C)C(=O)O.[O-2].[Zn+2]. The van der Waals surface area contributed by atoms with E-state index in [9.17, 15) is 4.79 Å². The van der Waals surface area contributed by atoms with Gasteiger partial charge in [-0.2, -0.15) is 0 Å². The normalized spacial score (nSPS) is 5.62. The van der Waals surface area contributed by atoms with E-state index in [1.54, 1.807) is 0 Å². The Morgan fingerprint density at radius 2 is 1.75 bits per heavy atom. The molecule has 0 aromatic carbocycles. The molecule has 0 aliphatic heterocycles. The van der Waals surface area contributed by atoms with E-state index in [-0.39, 0.29) is 30.5 Å². The smallest absolute Gasteiger partial charge is 2.00 e. The summed E-state index contributed by atoms with van der Waals surface area (Å²) in [6, 6.07) is 0. The molecule has 0 rings (SSSR count). The van der Waals surface area contributed by atoms with Crippen LogP contribution >= 0.6 is 0 Å². The maximum absolute atomic E-state index is 9.60. The van der Waals surface area contributed by atoms with Crippen molar-refractivity contribution in [1.29, 1.82) is 0 Å². The van der Waals surface area contributed by atoms with Gasteiger partial charge in [0.25, 0.3) is 0 Å². The van der Waals surface area contributed by atoms with Gasteiger partial charge in [-0.05, 0) is 6.92 Å². The zero-order valence-electron chi connectivity index (χ0n) is 4.68. The molecule has 0 fully saturated rings. The maximum atomic E-state index is 9.60. The zero-order valence-corrected chi connectivity index (χ0v) is 7.65. The Hall–Kier alpha value is -0.207. The minimum absolute atomic E-state index is 0. The Kier molecular flexibility index (Phi) is 13.3. The van der Waals surface area contributed by atoms with Crippen molar-refractivity contribution in [3.05, 3.63) is 12.2 Å². The van der Waals surface area contributed by atoms with Gasteiger partial charge < -0.3 is 10.6 Å². The second-order valence-corrected chi connectivity index (χ2v) is 1.09. The summed E-state index contributed by atoms with van der Waals surface area (Å²) in [5.41, 5.74) is 0.176. The summed E-state index contributed by atoms with van der Waals surface area (Å²) in [6.45, 7) is 4.60.